The van der Waals surface area contributed by atoms with Crippen LogP contribution in [0.2, 0.25) is 0 Å². The molecule has 51 heavy (non-hydrogen) atoms. The Balaban J connectivity index is 0.000000576. The van der Waals surface area contributed by atoms with Gasteiger partial charge in [0.25, 0.3) is 0 Å². The maximum Gasteiger partial charge on any atom is 2.00 e. The molecule has 0 aliphatic heterocycles. The van der Waals surface area contributed by atoms with Crippen LogP contribution in [0.1, 0.15) is 126 Å². The van der Waals surface area contributed by atoms with E-state index in [1.807, 2.05) is 42.7 Å². The van der Waals surface area contributed by atoms with Gasteiger partial charge in [-0.25, -0.2) is 18.2 Å². The Hall–Kier alpha value is -1.62. The number of pyridine rings is 2. The van der Waals surface area contributed by atoms with E-state index in [0.29, 0.717) is 10.3 Å². The van der Waals surface area contributed by atoms with Crippen molar-refractivity contribution < 1.29 is 17.1 Å². The first-order valence-corrected chi connectivity index (χ1v) is 22.1. The van der Waals surface area contributed by atoms with Gasteiger partial charge in [0.1, 0.15) is 0 Å². The third kappa shape index (κ3) is 6.62. The van der Waals surface area contributed by atoms with Crippen molar-refractivity contribution >= 4 is 17.2 Å². The van der Waals surface area contributed by atoms with Crippen molar-refractivity contribution in [1.82, 2.24) is 9.97 Å². The molecule has 2 aromatic heterocycles. The van der Waals surface area contributed by atoms with Gasteiger partial charge in [0.05, 0.1) is 0 Å². The van der Waals surface area contributed by atoms with Gasteiger partial charge in [-0.15, -0.1) is 22.7 Å². The molecule has 12 rings (SSSR count). The molecule has 270 valence electrons. The summed E-state index contributed by atoms with van der Waals surface area (Å²) in [5.74, 6) is 6.12. The zero-order valence-electron chi connectivity index (χ0n) is 31.1. The van der Waals surface area contributed by atoms with E-state index >= 15 is 0 Å². The van der Waals surface area contributed by atoms with Crippen LogP contribution in [-0.2, 0) is 33.8 Å². The SMILES string of the molecule is CC(C)(C)c1cc(CP(C23CC4CC(CC(C4)C2)C3)C23CC4CC(CC(C4)C2)C3)c(C(P)(c2cccnc2)c2cccnc2)[cH-]1.[Fe+2].c1cc[cH-]c1. The summed E-state index contributed by atoms with van der Waals surface area (Å²) in [5, 5.41) is 0.877. The van der Waals surface area contributed by atoms with E-state index in [1.165, 1.54) is 28.4 Å². The molecule has 0 N–H and O–H groups in total. The summed E-state index contributed by atoms with van der Waals surface area (Å²) < 4.78 is 0. The minimum absolute atomic E-state index is 0. The second-order valence-electron chi connectivity index (χ2n) is 19.1. The van der Waals surface area contributed by atoms with Gasteiger partial charge >= 0.3 is 17.1 Å². The fourth-order valence-corrected chi connectivity index (χ4v) is 19.0. The Morgan fingerprint density at radius 3 is 1.47 bits per heavy atom. The zero-order chi connectivity index (χ0) is 34.1. The maximum absolute atomic E-state index is 4.67. The molecule has 1 atom stereocenters. The average Bonchev–Trinajstić information content (AvgIpc) is 3.81. The van der Waals surface area contributed by atoms with Gasteiger partial charge in [-0.3, -0.25) is 9.97 Å². The molecule has 1 unspecified atom stereocenters. The molecule has 2 nitrogen and oxygen atoms in total. The second kappa shape index (κ2) is 13.9. The first-order chi connectivity index (χ1) is 24.1. The van der Waals surface area contributed by atoms with Crippen molar-refractivity contribution in [2.45, 2.75) is 125 Å². The van der Waals surface area contributed by atoms with Gasteiger partial charge in [-0.2, -0.15) is 35.4 Å². The van der Waals surface area contributed by atoms with Gasteiger partial charge in [0.2, 0.25) is 0 Å². The van der Waals surface area contributed by atoms with Gasteiger partial charge < -0.3 is 0 Å². The van der Waals surface area contributed by atoms with Crippen LogP contribution < -0.4 is 0 Å². The summed E-state index contributed by atoms with van der Waals surface area (Å²) >= 11 is 0. The van der Waals surface area contributed by atoms with Crippen LogP contribution in [0, 0.1) is 35.5 Å². The zero-order valence-corrected chi connectivity index (χ0v) is 34.2. The summed E-state index contributed by atoms with van der Waals surface area (Å²) in [6.45, 7) is 7.24. The van der Waals surface area contributed by atoms with E-state index in [1.54, 1.807) is 82.6 Å². The normalized spacial score (nSPS) is 33.7. The molecule has 0 spiro atoms. The predicted molar refractivity (Wildman–Crippen MR) is 213 cm³/mol. The summed E-state index contributed by atoms with van der Waals surface area (Å²) in [4.78, 5) is 9.34. The average molecular weight is 757 g/mol. The number of hydrogen-bond acceptors (Lipinski definition) is 2. The van der Waals surface area contributed by atoms with Crippen LogP contribution in [-0.4, -0.2) is 20.3 Å². The third-order valence-corrected chi connectivity index (χ3v) is 19.6. The van der Waals surface area contributed by atoms with Crippen LogP contribution in [0.4, 0.5) is 0 Å². The van der Waals surface area contributed by atoms with E-state index in [4.69, 9.17) is 0 Å². The van der Waals surface area contributed by atoms with E-state index in [-0.39, 0.29) is 35.6 Å². The number of nitrogens with zero attached hydrogens (tertiary/aromatic N) is 2. The minimum atomic E-state index is -0.370. The fraction of sp³-hybridized carbons (Fsp3) is 0.565. The molecule has 0 amide bonds. The van der Waals surface area contributed by atoms with Crippen LogP contribution >= 0.6 is 17.2 Å². The number of rotatable bonds is 7. The minimum Gasteiger partial charge on any atom is -0.264 e. The van der Waals surface area contributed by atoms with Crippen LogP contribution in [0.25, 0.3) is 0 Å². The quantitative estimate of drug-likeness (QED) is 0.107. The Morgan fingerprint density at radius 2 is 1.14 bits per heavy atom. The van der Waals surface area contributed by atoms with Gasteiger partial charge in [0.15, 0.2) is 0 Å². The largest absolute Gasteiger partial charge is 2.00 e. The molecule has 2 heterocycles. The summed E-state index contributed by atoms with van der Waals surface area (Å²) in [5.41, 5.74) is 7.26. The van der Waals surface area contributed by atoms with E-state index in [2.05, 4.69) is 88.8 Å². The monoisotopic (exact) mass is 756 g/mol. The van der Waals surface area contributed by atoms with Crippen molar-refractivity contribution in [1.29, 1.82) is 0 Å². The second-order valence-corrected chi connectivity index (χ2v) is 23.0. The molecule has 8 aliphatic carbocycles. The molecule has 2 aromatic carbocycles. The molecule has 5 heteroatoms. The van der Waals surface area contributed by atoms with E-state index in [9.17, 15) is 0 Å². The number of aromatic nitrogens is 2. The predicted octanol–water partition coefficient (Wildman–Crippen LogP) is 12.0. The first-order valence-electron chi connectivity index (χ1n) is 20.0. The smallest absolute Gasteiger partial charge is 0.264 e. The van der Waals surface area contributed by atoms with E-state index < -0.39 is 0 Å². The van der Waals surface area contributed by atoms with Crippen LogP contribution in [0.3, 0.4) is 0 Å². The molecule has 0 saturated heterocycles. The van der Waals surface area contributed by atoms with Gasteiger partial charge in [0, 0.05) is 29.9 Å². The van der Waals surface area contributed by atoms with E-state index in [0.717, 1.165) is 35.5 Å². The Morgan fingerprint density at radius 1 is 0.706 bits per heavy atom. The maximum atomic E-state index is 4.67. The molecule has 8 aliphatic rings. The Bertz CT molecular complexity index is 1580. The Kier molecular flexibility index (Phi) is 9.91. The fourth-order valence-electron chi connectivity index (χ4n) is 13.3. The van der Waals surface area contributed by atoms with Crippen molar-refractivity contribution in [2.24, 2.45) is 35.5 Å². The van der Waals surface area contributed by atoms with Crippen LogP contribution in [0.15, 0.2) is 91.5 Å². The summed E-state index contributed by atoms with van der Waals surface area (Å²) in [6.07, 6.45) is 28.1. The summed E-state index contributed by atoms with van der Waals surface area (Å²) in [7, 11) is 3.22. The van der Waals surface area contributed by atoms with Gasteiger partial charge in [-0.1, -0.05) is 39.1 Å². The van der Waals surface area contributed by atoms with Crippen molar-refractivity contribution in [3.8, 4) is 0 Å². The summed E-state index contributed by atoms with van der Waals surface area (Å²) in [6, 6.07) is 24.1. The molecule has 0 radical (unpaired) electrons. The molecule has 8 fully saturated rings. The molecular formula is C46H58FeN2P2. The topological polar surface area (TPSA) is 25.8 Å². The molecular weight excluding hydrogens is 698 g/mol. The standard InChI is InChI=1S/C41H53N2P2.C5H5.Fe/c1-38(2,3)36-16-33(37(17-36)41(44,34-6-4-8-42-24-34)35-7-5-9-43-25-35)26-45(39-18-27-10-28(19-39)12-29(11-27)20-39)40-21-30-13-31(22-40)15-32(14-30)23-40;1-2-4-5-3-1;/h4-9,16-17,24-25,27-32H,10-15,18-23,26,44H2,1-3H3;1-5H;/q2*-1;+2. The first kappa shape index (κ1) is 36.4. The van der Waals surface area contributed by atoms with Crippen LogP contribution in [0.5, 0.6) is 0 Å². The van der Waals surface area contributed by atoms with Crippen molar-refractivity contribution in [3.05, 3.63) is 119 Å². The molecule has 4 aromatic rings. The Labute approximate surface area is 322 Å². The molecule has 8 bridgehead atoms. The van der Waals surface area contributed by atoms with Crippen molar-refractivity contribution in [2.75, 3.05) is 0 Å². The number of hydrogen-bond donors (Lipinski definition) is 0. The van der Waals surface area contributed by atoms with Crippen molar-refractivity contribution in [3.63, 3.8) is 0 Å². The molecule has 8 saturated carbocycles. The van der Waals surface area contributed by atoms with Gasteiger partial charge in [-0.05, 0) is 152 Å². The third-order valence-electron chi connectivity index (χ3n) is 14.5.